The quantitative estimate of drug-likeness (QED) is 0.865. The van der Waals surface area contributed by atoms with Crippen molar-refractivity contribution in [3.8, 4) is 0 Å². The van der Waals surface area contributed by atoms with Gasteiger partial charge in [-0.3, -0.25) is 4.79 Å². The molecule has 1 aliphatic rings. The molecule has 0 spiro atoms. The molecule has 0 saturated heterocycles. The number of carbonyl (C=O) groups is 2. The first-order valence-electron chi connectivity index (χ1n) is 6.16. The zero-order valence-corrected chi connectivity index (χ0v) is 10.4. The summed E-state index contributed by atoms with van der Waals surface area (Å²) in [6.45, 7) is 0. The molecule has 1 aliphatic carbocycles. The second kappa shape index (κ2) is 5.21. The number of amides is 1. The average Bonchev–Trinajstić information content (AvgIpc) is 3.19. The molecule has 0 bridgehead atoms. The van der Waals surface area contributed by atoms with Crippen LogP contribution in [0.4, 0.5) is 0 Å². The predicted molar refractivity (Wildman–Crippen MR) is 67.5 cm³/mol. The third-order valence-corrected chi connectivity index (χ3v) is 3.32. The number of benzene rings is 1. The molecular weight excluding hydrogens is 230 g/mol. The summed E-state index contributed by atoms with van der Waals surface area (Å²) in [4.78, 5) is 24.3. The molecule has 0 unspecified atom stereocenters. The Balaban J connectivity index is 1.85. The van der Waals surface area contributed by atoms with E-state index in [2.05, 4.69) is 0 Å². The molecule has 4 heteroatoms. The van der Waals surface area contributed by atoms with Crippen molar-refractivity contribution in [2.75, 3.05) is 7.05 Å². The lowest BCUT2D eigenvalue weighted by atomic mass is 10.1. The minimum atomic E-state index is -0.925. The molecule has 1 amide bonds. The van der Waals surface area contributed by atoms with E-state index in [0.29, 0.717) is 18.9 Å². The fraction of sp³-hybridized carbons (Fsp3) is 0.429. The van der Waals surface area contributed by atoms with Crippen molar-refractivity contribution in [3.05, 3.63) is 35.4 Å². The molecule has 2 rings (SSSR count). The highest BCUT2D eigenvalue weighted by molar-refractivity contribution is 5.87. The Kier molecular flexibility index (Phi) is 3.65. The maximum absolute atomic E-state index is 11.8. The van der Waals surface area contributed by atoms with Gasteiger partial charge < -0.3 is 10.0 Å². The molecule has 0 aliphatic heterocycles. The molecule has 0 aromatic heterocycles. The van der Waals surface area contributed by atoms with Crippen LogP contribution in [0.1, 0.15) is 35.2 Å². The first kappa shape index (κ1) is 12.6. The molecule has 96 valence electrons. The van der Waals surface area contributed by atoms with E-state index in [1.165, 1.54) is 0 Å². The number of rotatable bonds is 5. The van der Waals surface area contributed by atoms with E-state index >= 15 is 0 Å². The minimum absolute atomic E-state index is 0.166. The lowest BCUT2D eigenvalue weighted by Crippen LogP contribution is -2.28. The maximum Gasteiger partial charge on any atom is 0.335 e. The van der Waals surface area contributed by atoms with Gasteiger partial charge in [-0.2, -0.15) is 0 Å². The molecule has 1 fully saturated rings. The van der Waals surface area contributed by atoms with Gasteiger partial charge in [0.1, 0.15) is 0 Å². The van der Waals surface area contributed by atoms with E-state index in [9.17, 15) is 9.59 Å². The molecule has 1 aromatic rings. The highest BCUT2D eigenvalue weighted by Crippen LogP contribution is 2.25. The van der Waals surface area contributed by atoms with Gasteiger partial charge in [-0.1, -0.05) is 12.1 Å². The van der Waals surface area contributed by atoms with Crippen LogP contribution >= 0.6 is 0 Å². The van der Waals surface area contributed by atoms with Crippen LogP contribution < -0.4 is 0 Å². The van der Waals surface area contributed by atoms with Crippen LogP contribution in [0.2, 0.25) is 0 Å². The zero-order chi connectivity index (χ0) is 13.1. The van der Waals surface area contributed by atoms with E-state index in [0.717, 1.165) is 18.4 Å². The topological polar surface area (TPSA) is 57.6 Å². The number of hydrogen-bond acceptors (Lipinski definition) is 2. The van der Waals surface area contributed by atoms with E-state index in [-0.39, 0.29) is 11.5 Å². The monoisotopic (exact) mass is 247 g/mol. The number of carboxylic acid groups (broad SMARTS) is 1. The van der Waals surface area contributed by atoms with Crippen LogP contribution in [0, 0.1) is 0 Å². The van der Waals surface area contributed by atoms with Crippen LogP contribution in [0.5, 0.6) is 0 Å². The summed E-state index contributed by atoms with van der Waals surface area (Å²) in [5.74, 6) is -0.758. The van der Waals surface area contributed by atoms with Crippen LogP contribution in [-0.2, 0) is 11.2 Å². The summed E-state index contributed by atoms with van der Waals surface area (Å²) in [7, 11) is 1.85. The van der Waals surface area contributed by atoms with Gasteiger partial charge in [0.2, 0.25) is 5.91 Å². The Morgan fingerprint density at radius 1 is 1.28 bits per heavy atom. The van der Waals surface area contributed by atoms with Crippen molar-refractivity contribution in [1.29, 1.82) is 0 Å². The van der Waals surface area contributed by atoms with Crippen molar-refractivity contribution >= 4 is 11.9 Å². The maximum atomic E-state index is 11.8. The fourth-order valence-corrected chi connectivity index (χ4v) is 1.91. The van der Waals surface area contributed by atoms with Crippen LogP contribution in [0.3, 0.4) is 0 Å². The molecule has 1 N–H and O–H groups in total. The van der Waals surface area contributed by atoms with Crippen LogP contribution in [-0.4, -0.2) is 35.0 Å². The molecular formula is C14H17NO3. The van der Waals surface area contributed by atoms with Gasteiger partial charge in [-0.15, -0.1) is 0 Å². The summed E-state index contributed by atoms with van der Waals surface area (Å²) >= 11 is 0. The lowest BCUT2D eigenvalue weighted by molar-refractivity contribution is -0.130. The lowest BCUT2D eigenvalue weighted by Gasteiger charge is -2.15. The Morgan fingerprint density at radius 2 is 1.89 bits per heavy atom. The molecule has 1 saturated carbocycles. The second-order valence-corrected chi connectivity index (χ2v) is 4.74. The number of carboxylic acids is 1. The molecule has 1 aromatic carbocycles. The van der Waals surface area contributed by atoms with Crippen molar-refractivity contribution in [1.82, 2.24) is 4.90 Å². The average molecular weight is 247 g/mol. The van der Waals surface area contributed by atoms with Gasteiger partial charge in [0, 0.05) is 19.5 Å². The number of nitrogens with zero attached hydrogens (tertiary/aromatic N) is 1. The highest BCUT2D eigenvalue weighted by Gasteiger charge is 2.28. The van der Waals surface area contributed by atoms with E-state index in [1.54, 1.807) is 24.3 Å². The van der Waals surface area contributed by atoms with Crippen molar-refractivity contribution in [2.45, 2.75) is 31.7 Å². The summed E-state index contributed by atoms with van der Waals surface area (Å²) in [6, 6.07) is 7.15. The van der Waals surface area contributed by atoms with E-state index < -0.39 is 5.97 Å². The molecule has 0 heterocycles. The summed E-state index contributed by atoms with van der Waals surface area (Å²) in [5.41, 5.74) is 1.28. The number of aryl methyl sites for hydroxylation is 1. The molecule has 18 heavy (non-hydrogen) atoms. The standard InChI is InChI=1S/C14H17NO3/c1-15(12-7-8-12)13(16)9-4-10-2-5-11(6-3-10)14(17)18/h2-3,5-6,12H,4,7-9H2,1H3,(H,17,18). The number of aromatic carboxylic acids is 1. The second-order valence-electron chi connectivity index (χ2n) is 4.74. The normalized spacial score (nSPS) is 14.3. The number of carbonyl (C=O) groups excluding carboxylic acids is 1. The first-order chi connectivity index (χ1) is 8.58. The summed E-state index contributed by atoms with van der Waals surface area (Å²) < 4.78 is 0. The zero-order valence-electron chi connectivity index (χ0n) is 10.4. The minimum Gasteiger partial charge on any atom is -0.478 e. The van der Waals surface area contributed by atoms with Gasteiger partial charge in [0.15, 0.2) is 0 Å². The fourth-order valence-electron chi connectivity index (χ4n) is 1.91. The molecule has 4 nitrogen and oxygen atoms in total. The Bertz CT molecular complexity index is 449. The number of hydrogen-bond donors (Lipinski definition) is 1. The SMILES string of the molecule is CN(C(=O)CCc1ccc(C(=O)O)cc1)C1CC1. The van der Waals surface area contributed by atoms with E-state index in [1.807, 2.05) is 11.9 Å². The summed E-state index contributed by atoms with van der Waals surface area (Å²) in [5, 5.41) is 8.77. The third-order valence-electron chi connectivity index (χ3n) is 3.32. The highest BCUT2D eigenvalue weighted by atomic mass is 16.4. The largest absolute Gasteiger partial charge is 0.478 e. The van der Waals surface area contributed by atoms with Gasteiger partial charge in [0.25, 0.3) is 0 Å². The third kappa shape index (κ3) is 3.09. The molecule has 0 radical (unpaired) electrons. The van der Waals surface area contributed by atoms with Crippen LogP contribution in [0.25, 0.3) is 0 Å². The van der Waals surface area contributed by atoms with Gasteiger partial charge in [-0.05, 0) is 37.0 Å². The van der Waals surface area contributed by atoms with Gasteiger partial charge in [0.05, 0.1) is 5.56 Å². The predicted octanol–water partition coefficient (Wildman–Crippen LogP) is 1.94. The van der Waals surface area contributed by atoms with Gasteiger partial charge in [-0.25, -0.2) is 4.79 Å². The molecule has 0 atom stereocenters. The van der Waals surface area contributed by atoms with Crippen LogP contribution in [0.15, 0.2) is 24.3 Å². The van der Waals surface area contributed by atoms with Gasteiger partial charge >= 0.3 is 5.97 Å². The van der Waals surface area contributed by atoms with Crippen molar-refractivity contribution in [3.63, 3.8) is 0 Å². The van der Waals surface area contributed by atoms with Crippen molar-refractivity contribution in [2.24, 2.45) is 0 Å². The first-order valence-corrected chi connectivity index (χ1v) is 6.16. The van der Waals surface area contributed by atoms with E-state index in [4.69, 9.17) is 5.11 Å². The Morgan fingerprint density at radius 3 is 2.39 bits per heavy atom. The Labute approximate surface area is 106 Å². The summed E-state index contributed by atoms with van der Waals surface area (Å²) in [6.07, 6.45) is 3.39. The van der Waals surface area contributed by atoms with Crippen molar-refractivity contribution < 1.29 is 14.7 Å². The Hall–Kier alpha value is -1.84. The smallest absolute Gasteiger partial charge is 0.335 e.